The zero-order valence-electron chi connectivity index (χ0n) is 7.98. The van der Waals surface area contributed by atoms with E-state index in [-0.39, 0.29) is 19.2 Å². The summed E-state index contributed by atoms with van der Waals surface area (Å²) in [5, 5.41) is 9.14. The highest BCUT2D eigenvalue weighted by atomic mass is 79.9. The largest absolute Gasteiger partial charge is 0.394 e. The fourth-order valence-corrected chi connectivity index (χ4v) is 2.26. The summed E-state index contributed by atoms with van der Waals surface area (Å²) in [4.78, 5) is 9.70. The number of halogens is 2. The first kappa shape index (κ1) is 10.8. The molecule has 1 aromatic rings. The molecule has 2 rings (SSSR count). The van der Waals surface area contributed by atoms with E-state index in [1.807, 2.05) is 0 Å². The SMILES string of the molecule is OC[C@@H]1C[C@H](F)CN1c1ncncc1Br. The van der Waals surface area contributed by atoms with Crippen LogP contribution in [0.4, 0.5) is 10.2 Å². The Morgan fingerprint density at radius 3 is 3.13 bits per heavy atom. The van der Waals surface area contributed by atoms with Gasteiger partial charge in [0.1, 0.15) is 18.3 Å². The summed E-state index contributed by atoms with van der Waals surface area (Å²) >= 11 is 3.31. The summed E-state index contributed by atoms with van der Waals surface area (Å²) in [6.07, 6.45) is 2.49. The quantitative estimate of drug-likeness (QED) is 0.880. The van der Waals surface area contributed by atoms with E-state index in [1.54, 1.807) is 11.1 Å². The van der Waals surface area contributed by atoms with Gasteiger partial charge in [-0.05, 0) is 15.9 Å². The lowest BCUT2D eigenvalue weighted by Crippen LogP contribution is -2.33. The van der Waals surface area contributed by atoms with Gasteiger partial charge in [0.25, 0.3) is 0 Å². The predicted molar refractivity (Wildman–Crippen MR) is 57.5 cm³/mol. The second-order valence-electron chi connectivity index (χ2n) is 3.52. The first-order chi connectivity index (χ1) is 7.22. The zero-order valence-corrected chi connectivity index (χ0v) is 9.56. The molecule has 1 saturated heterocycles. The monoisotopic (exact) mass is 275 g/mol. The highest BCUT2D eigenvalue weighted by Crippen LogP contribution is 2.30. The zero-order chi connectivity index (χ0) is 10.8. The summed E-state index contributed by atoms with van der Waals surface area (Å²) in [6, 6.07) is -0.189. The average molecular weight is 276 g/mol. The van der Waals surface area contributed by atoms with Crippen LogP contribution in [0.5, 0.6) is 0 Å². The molecule has 1 aliphatic rings. The van der Waals surface area contributed by atoms with E-state index in [1.165, 1.54) is 6.33 Å². The van der Waals surface area contributed by atoms with E-state index in [2.05, 4.69) is 25.9 Å². The Balaban J connectivity index is 2.26. The van der Waals surface area contributed by atoms with Gasteiger partial charge in [0.2, 0.25) is 0 Å². The van der Waals surface area contributed by atoms with Crippen molar-refractivity contribution in [2.45, 2.75) is 18.6 Å². The minimum atomic E-state index is -0.899. The number of anilines is 1. The van der Waals surface area contributed by atoms with Gasteiger partial charge < -0.3 is 10.0 Å². The number of hydrogen-bond acceptors (Lipinski definition) is 4. The van der Waals surface area contributed by atoms with Crippen LogP contribution in [0.1, 0.15) is 6.42 Å². The molecule has 1 aliphatic heterocycles. The highest BCUT2D eigenvalue weighted by Gasteiger charge is 2.33. The molecule has 0 aliphatic carbocycles. The van der Waals surface area contributed by atoms with Crippen LogP contribution in [0.15, 0.2) is 17.0 Å². The predicted octanol–water partition coefficient (Wildman–Crippen LogP) is 1.15. The molecule has 6 heteroatoms. The van der Waals surface area contributed by atoms with Gasteiger partial charge in [0, 0.05) is 12.6 Å². The van der Waals surface area contributed by atoms with Crippen LogP contribution in [-0.4, -0.2) is 40.4 Å². The summed E-state index contributed by atoms with van der Waals surface area (Å²) in [7, 11) is 0. The normalized spacial score (nSPS) is 25.9. The summed E-state index contributed by atoms with van der Waals surface area (Å²) in [5.41, 5.74) is 0. The van der Waals surface area contributed by atoms with Crippen LogP contribution in [0.3, 0.4) is 0 Å². The number of rotatable bonds is 2. The number of alkyl halides is 1. The van der Waals surface area contributed by atoms with E-state index in [9.17, 15) is 4.39 Å². The van der Waals surface area contributed by atoms with Crippen molar-refractivity contribution < 1.29 is 9.50 Å². The Morgan fingerprint density at radius 1 is 1.67 bits per heavy atom. The van der Waals surface area contributed by atoms with Crippen molar-refractivity contribution >= 4 is 21.7 Å². The minimum absolute atomic E-state index is 0.0587. The van der Waals surface area contributed by atoms with Gasteiger partial charge in [-0.25, -0.2) is 14.4 Å². The van der Waals surface area contributed by atoms with E-state index < -0.39 is 6.17 Å². The van der Waals surface area contributed by atoms with Crippen molar-refractivity contribution in [1.29, 1.82) is 0 Å². The lowest BCUT2D eigenvalue weighted by molar-refractivity contribution is 0.255. The Kier molecular flexibility index (Phi) is 3.16. The van der Waals surface area contributed by atoms with Crippen molar-refractivity contribution in [2.75, 3.05) is 18.1 Å². The van der Waals surface area contributed by atoms with Gasteiger partial charge >= 0.3 is 0 Å². The van der Waals surface area contributed by atoms with Crippen LogP contribution >= 0.6 is 15.9 Å². The number of aliphatic hydroxyl groups is 1. The number of hydrogen-bond donors (Lipinski definition) is 1. The van der Waals surface area contributed by atoms with Gasteiger partial charge in [-0.1, -0.05) is 0 Å². The molecule has 1 aromatic heterocycles. The third kappa shape index (κ3) is 2.10. The van der Waals surface area contributed by atoms with Crippen molar-refractivity contribution in [1.82, 2.24) is 9.97 Å². The molecular weight excluding hydrogens is 265 g/mol. The van der Waals surface area contributed by atoms with Crippen molar-refractivity contribution in [2.24, 2.45) is 0 Å². The molecule has 1 fully saturated rings. The Labute approximate surface area is 95.3 Å². The van der Waals surface area contributed by atoms with E-state index in [0.29, 0.717) is 12.2 Å². The summed E-state index contributed by atoms with van der Waals surface area (Å²) in [6.45, 7) is 0.220. The minimum Gasteiger partial charge on any atom is -0.394 e. The van der Waals surface area contributed by atoms with E-state index >= 15 is 0 Å². The summed E-state index contributed by atoms with van der Waals surface area (Å²) < 4.78 is 13.9. The molecule has 0 aromatic carbocycles. The molecule has 4 nitrogen and oxygen atoms in total. The van der Waals surface area contributed by atoms with Crippen LogP contribution in [0, 0.1) is 0 Å². The first-order valence-corrected chi connectivity index (χ1v) is 5.48. The van der Waals surface area contributed by atoms with Crippen molar-refractivity contribution in [3.05, 3.63) is 17.0 Å². The number of aromatic nitrogens is 2. The van der Waals surface area contributed by atoms with Crippen LogP contribution < -0.4 is 4.90 Å². The Hall–Kier alpha value is -0.750. The molecule has 0 saturated carbocycles. The lowest BCUT2D eigenvalue weighted by Gasteiger charge is -2.24. The molecular formula is C9H11BrFN3O. The fraction of sp³-hybridized carbons (Fsp3) is 0.556. The fourth-order valence-electron chi connectivity index (χ4n) is 1.81. The maximum Gasteiger partial charge on any atom is 0.146 e. The van der Waals surface area contributed by atoms with Crippen molar-refractivity contribution in [3.8, 4) is 0 Å². The van der Waals surface area contributed by atoms with Crippen LogP contribution in [0.2, 0.25) is 0 Å². The third-order valence-corrected chi connectivity index (χ3v) is 3.05. The molecule has 0 bridgehead atoms. The molecule has 2 atom stereocenters. The number of aliphatic hydroxyl groups excluding tert-OH is 1. The van der Waals surface area contributed by atoms with Gasteiger partial charge in [-0.2, -0.15) is 0 Å². The molecule has 82 valence electrons. The molecule has 15 heavy (non-hydrogen) atoms. The Morgan fingerprint density at radius 2 is 2.47 bits per heavy atom. The van der Waals surface area contributed by atoms with E-state index in [4.69, 9.17) is 5.11 Å². The van der Waals surface area contributed by atoms with E-state index in [0.717, 1.165) is 4.47 Å². The number of nitrogens with zero attached hydrogens (tertiary/aromatic N) is 3. The maximum absolute atomic E-state index is 13.2. The van der Waals surface area contributed by atoms with Gasteiger partial charge in [-0.15, -0.1) is 0 Å². The standard InChI is InChI=1S/C9H11BrFN3O/c10-8-2-12-5-13-9(8)14-3-6(11)1-7(14)4-15/h2,5-7,15H,1,3-4H2/t6-,7-/m0/s1. The second kappa shape index (κ2) is 4.40. The van der Waals surface area contributed by atoms with Gasteiger partial charge in [0.15, 0.2) is 0 Å². The molecule has 1 N–H and O–H groups in total. The van der Waals surface area contributed by atoms with Crippen LogP contribution in [0.25, 0.3) is 0 Å². The molecule has 0 radical (unpaired) electrons. The molecule has 0 unspecified atom stereocenters. The topological polar surface area (TPSA) is 49.2 Å². The highest BCUT2D eigenvalue weighted by molar-refractivity contribution is 9.10. The summed E-state index contributed by atoms with van der Waals surface area (Å²) in [5.74, 6) is 0.643. The lowest BCUT2D eigenvalue weighted by atomic mass is 10.2. The molecule has 0 amide bonds. The van der Waals surface area contributed by atoms with Gasteiger partial charge in [0.05, 0.1) is 23.7 Å². The average Bonchev–Trinajstić information content (AvgIpc) is 2.60. The maximum atomic E-state index is 13.2. The molecule has 2 heterocycles. The second-order valence-corrected chi connectivity index (χ2v) is 4.37. The first-order valence-electron chi connectivity index (χ1n) is 4.69. The van der Waals surface area contributed by atoms with Crippen molar-refractivity contribution in [3.63, 3.8) is 0 Å². The van der Waals surface area contributed by atoms with Crippen LogP contribution in [-0.2, 0) is 0 Å². The smallest absolute Gasteiger partial charge is 0.146 e. The molecule has 0 spiro atoms. The van der Waals surface area contributed by atoms with Gasteiger partial charge in [-0.3, -0.25) is 0 Å². The Bertz CT molecular complexity index is 352. The third-order valence-electron chi connectivity index (χ3n) is 2.49.